The van der Waals surface area contributed by atoms with Crippen molar-refractivity contribution in [1.29, 1.82) is 0 Å². The summed E-state index contributed by atoms with van der Waals surface area (Å²) in [6.45, 7) is 1.27. The molecule has 2 atom stereocenters. The number of nitrogens with one attached hydrogen (secondary N) is 2. The Kier molecular flexibility index (Phi) is 7.91. The van der Waals surface area contributed by atoms with Crippen LogP contribution < -0.4 is 10.6 Å². The minimum absolute atomic E-state index is 0.0828. The van der Waals surface area contributed by atoms with E-state index >= 15 is 0 Å². The van der Waals surface area contributed by atoms with Gasteiger partial charge >= 0.3 is 5.97 Å². The fourth-order valence-electron chi connectivity index (χ4n) is 3.48. The van der Waals surface area contributed by atoms with Gasteiger partial charge in [0.2, 0.25) is 11.8 Å². The molecule has 0 aliphatic carbocycles. The van der Waals surface area contributed by atoms with Crippen molar-refractivity contribution in [1.82, 2.24) is 10.6 Å². The third kappa shape index (κ3) is 7.00. The second-order valence-electron chi connectivity index (χ2n) is 7.75. The second kappa shape index (κ2) is 11.0. The van der Waals surface area contributed by atoms with E-state index in [1.807, 2.05) is 54.6 Å². The number of hydrogen-bond acceptors (Lipinski definition) is 3. The van der Waals surface area contributed by atoms with Gasteiger partial charge in [0.15, 0.2) is 0 Å². The predicted molar refractivity (Wildman–Crippen MR) is 123 cm³/mol. The summed E-state index contributed by atoms with van der Waals surface area (Å²) < 4.78 is 13.2. The van der Waals surface area contributed by atoms with Crippen molar-refractivity contribution in [3.8, 4) is 11.1 Å². The van der Waals surface area contributed by atoms with Crippen molar-refractivity contribution < 1.29 is 23.9 Å². The van der Waals surface area contributed by atoms with E-state index in [-0.39, 0.29) is 12.8 Å². The topological polar surface area (TPSA) is 95.5 Å². The maximum atomic E-state index is 13.2. The van der Waals surface area contributed by atoms with Crippen molar-refractivity contribution >= 4 is 17.8 Å². The van der Waals surface area contributed by atoms with Gasteiger partial charge in [-0.1, -0.05) is 66.7 Å². The van der Waals surface area contributed by atoms with Crippen LogP contribution in [0.25, 0.3) is 11.1 Å². The molecule has 0 aliphatic rings. The van der Waals surface area contributed by atoms with Crippen molar-refractivity contribution in [2.75, 3.05) is 0 Å². The van der Waals surface area contributed by atoms with Crippen LogP contribution in [0.15, 0.2) is 78.9 Å². The molecule has 0 aliphatic heterocycles. The lowest BCUT2D eigenvalue weighted by atomic mass is 10.00. The average molecular weight is 448 g/mol. The Morgan fingerprint density at radius 1 is 0.758 bits per heavy atom. The summed E-state index contributed by atoms with van der Waals surface area (Å²) in [4.78, 5) is 36.3. The zero-order valence-electron chi connectivity index (χ0n) is 18.1. The lowest BCUT2D eigenvalue weighted by molar-refractivity contribution is -0.142. The van der Waals surface area contributed by atoms with Gasteiger partial charge in [-0.05, 0) is 34.4 Å². The lowest BCUT2D eigenvalue weighted by Crippen LogP contribution is -2.52. The fraction of sp³-hybridized carbons (Fsp3) is 0.192. The van der Waals surface area contributed by atoms with Crippen LogP contribution in [0, 0.1) is 5.82 Å². The molecule has 0 fully saturated rings. The molecule has 170 valence electrons. The number of carbonyl (C=O) groups excluding carboxylic acids is 2. The summed E-state index contributed by atoms with van der Waals surface area (Å²) in [5.41, 5.74) is 3.43. The smallest absolute Gasteiger partial charge is 0.326 e. The maximum Gasteiger partial charge on any atom is 0.326 e. The molecular formula is C26H25FN2O4. The van der Waals surface area contributed by atoms with Crippen LogP contribution in [0.1, 0.15) is 18.1 Å². The third-order valence-electron chi connectivity index (χ3n) is 5.16. The van der Waals surface area contributed by atoms with Crippen LogP contribution in [0.5, 0.6) is 0 Å². The van der Waals surface area contributed by atoms with Crippen LogP contribution >= 0.6 is 0 Å². The molecule has 0 heterocycles. The van der Waals surface area contributed by atoms with E-state index in [9.17, 15) is 23.9 Å². The molecule has 0 aromatic heterocycles. The highest BCUT2D eigenvalue weighted by Crippen LogP contribution is 2.20. The van der Waals surface area contributed by atoms with Gasteiger partial charge in [0.05, 0.1) is 0 Å². The van der Waals surface area contributed by atoms with Crippen molar-refractivity contribution in [2.24, 2.45) is 0 Å². The molecule has 3 N–H and O–H groups in total. The first-order valence-electron chi connectivity index (χ1n) is 10.5. The lowest BCUT2D eigenvalue weighted by Gasteiger charge is -2.21. The molecule has 3 aromatic rings. The fourth-order valence-corrected chi connectivity index (χ4v) is 3.48. The minimum Gasteiger partial charge on any atom is -0.480 e. The average Bonchev–Trinajstić information content (AvgIpc) is 2.80. The number of aliphatic carboxylic acids is 1. The molecule has 6 nitrogen and oxygen atoms in total. The number of hydrogen-bond donors (Lipinski definition) is 3. The molecule has 33 heavy (non-hydrogen) atoms. The SMILES string of the molecule is CC(=O)N[C@@H](Cc1ccc(F)cc1)C(=O)N[C@@H](Cc1ccc(-c2ccccc2)cc1)C(=O)O. The summed E-state index contributed by atoms with van der Waals surface area (Å²) in [5.74, 6) is -2.65. The molecule has 0 radical (unpaired) electrons. The molecule has 0 bridgehead atoms. The van der Waals surface area contributed by atoms with Crippen molar-refractivity contribution in [3.05, 3.63) is 95.8 Å². The zero-order valence-corrected chi connectivity index (χ0v) is 18.1. The monoisotopic (exact) mass is 448 g/mol. The van der Waals surface area contributed by atoms with Crippen LogP contribution in [-0.4, -0.2) is 35.0 Å². The first-order chi connectivity index (χ1) is 15.8. The Morgan fingerprint density at radius 3 is 1.82 bits per heavy atom. The maximum absolute atomic E-state index is 13.2. The van der Waals surface area contributed by atoms with E-state index in [1.165, 1.54) is 31.2 Å². The third-order valence-corrected chi connectivity index (χ3v) is 5.16. The van der Waals surface area contributed by atoms with Gasteiger partial charge in [-0.3, -0.25) is 9.59 Å². The number of carboxylic acid groups (broad SMARTS) is 1. The second-order valence-corrected chi connectivity index (χ2v) is 7.75. The van der Waals surface area contributed by atoms with E-state index in [0.717, 1.165) is 16.7 Å². The predicted octanol–water partition coefficient (Wildman–Crippen LogP) is 3.35. The van der Waals surface area contributed by atoms with Crippen LogP contribution in [0.2, 0.25) is 0 Å². The normalized spacial score (nSPS) is 12.4. The van der Waals surface area contributed by atoms with Crippen LogP contribution in [-0.2, 0) is 27.2 Å². The highest BCUT2D eigenvalue weighted by molar-refractivity contribution is 5.90. The van der Waals surface area contributed by atoms with E-state index in [1.54, 1.807) is 0 Å². The number of carbonyl (C=O) groups is 3. The molecule has 3 aromatic carbocycles. The summed E-state index contributed by atoms with van der Waals surface area (Å²) in [5, 5.41) is 14.7. The van der Waals surface area contributed by atoms with Gasteiger partial charge < -0.3 is 15.7 Å². The quantitative estimate of drug-likeness (QED) is 0.468. The Labute approximate surface area is 191 Å². The van der Waals surface area contributed by atoms with Gasteiger partial charge in [0.1, 0.15) is 17.9 Å². The number of carboxylic acids is 1. The van der Waals surface area contributed by atoms with Crippen LogP contribution in [0.3, 0.4) is 0 Å². The van der Waals surface area contributed by atoms with Gasteiger partial charge in [0, 0.05) is 19.8 Å². The van der Waals surface area contributed by atoms with E-state index < -0.39 is 35.7 Å². The van der Waals surface area contributed by atoms with Gasteiger partial charge in [-0.15, -0.1) is 0 Å². The zero-order chi connectivity index (χ0) is 23.8. The summed E-state index contributed by atoms with van der Waals surface area (Å²) >= 11 is 0. The molecule has 0 saturated heterocycles. The Hall–Kier alpha value is -4.00. The van der Waals surface area contributed by atoms with E-state index in [2.05, 4.69) is 10.6 Å². The number of halogens is 1. The molecule has 0 saturated carbocycles. The highest BCUT2D eigenvalue weighted by atomic mass is 19.1. The van der Waals surface area contributed by atoms with E-state index in [4.69, 9.17) is 0 Å². The van der Waals surface area contributed by atoms with Gasteiger partial charge in [0.25, 0.3) is 0 Å². The number of amides is 2. The first kappa shape index (κ1) is 23.7. The molecular weight excluding hydrogens is 423 g/mol. The molecule has 3 rings (SSSR count). The largest absolute Gasteiger partial charge is 0.480 e. The summed E-state index contributed by atoms with van der Waals surface area (Å²) in [6.07, 6.45) is 0.184. The Bertz CT molecular complexity index is 1100. The summed E-state index contributed by atoms with van der Waals surface area (Å²) in [7, 11) is 0. The van der Waals surface area contributed by atoms with E-state index in [0.29, 0.717) is 5.56 Å². The first-order valence-corrected chi connectivity index (χ1v) is 10.5. The van der Waals surface area contributed by atoms with Crippen LogP contribution in [0.4, 0.5) is 4.39 Å². The van der Waals surface area contributed by atoms with Gasteiger partial charge in [-0.2, -0.15) is 0 Å². The Balaban J connectivity index is 1.70. The highest BCUT2D eigenvalue weighted by Gasteiger charge is 2.26. The van der Waals surface area contributed by atoms with Crippen molar-refractivity contribution in [3.63, 3.8) is 0 Å². The molecule has 0 spiro atoms. The van der Waals surface area contributed by atoms with Crippen molar-refractivity contribution in [2.45, 2.75) is 31.8 Å². The number of rotatable bonds is 9. The molecule has 7 heteroatoms. The standard InChI is InChI=1S/C26H25FN2O4/c1-17(30)28-23(15-19-9-13-22(27)14-10-19)25(31)29-24(26(32)33)16-18-7-11-21(12-8-18)20-5-3-2-4-6-20/h2-14,23-24H,15-16H2,1H3,(H,28,30)(H,29,31)(H,32,33)/t23-,24-/m0/s1. The van der Waals surface area contributed by atoms with Gasteiger partial charge in [-0.25, -0.2) is 9.18 Å². The molecule has 0 unspecified atom stereocenters. The number of benzene rings is 3. The Morgan fingerprint density at radius 2 is 1.27 bits per heavy atom. The minimum atomic E-state index is -1.18. The molecule has 2 amide bonds. The summed E-state index contributed by atoms with van der Waals surface area (Å²) in [6, 6.07) is 20.6.